The summed E-state index contributed by atoms with van der Waals surface area (Å²) in [4.78, 5) is 12.9. The molecule has 2 rings (SSSR count). The second-order valence-corrected chi connectivity index (χ2v) is 5.69. The third-order valence-corrected chi connectivity index (χ3v) is 4.22. The second-order valence-electron chi connectivity index (χ2n) is 4.71. The molecule has 2 heterocycles. The first-order valence-corrected chi connectivity index (χ1v) is 7.48. The fourth-order valence-electron chi connectivity index (χ4n) is 1.99. The van der Waals surface area contributed by atoms with E-state index in [-0.39, 0.29) is 11.4 Å². The van der Waals surface area contributed by atoms with Gasteiger partial charge in [0.05, 0.1) is 18.8 Å². The largest absolute Gasteiger partial charge is 0.468 e. The molecule has 1 N–H and O–H groups in total. The summed E-state index contributed by atoms with van der Waals surface area (Å²) >= 11 is 1.51. The third-order valence-electron chi connectivity index (χ3n) is 3.25. The molecule has 0 saturated carbocycles. The average Bonchev–Trinajstić information content (AvgIpc) is 3.01. The Hall–Kier alpha value is -1.85. The molecule has 0 aliphatic heterocycles. The average molecular weight is 306 g/mol. The molecule has 0 radical (unpaired) electrons. The number of rotatable bonds is 5. The van der Waals surface area contributed by atoms with Gasteiger partial charge in [-0.1, -0.05) is 12.1 Å². The van der Waals surface area contributed by atoms with E-state index in [4.69, 9.17) is 9.15 Å². The summed E-state index contributed by atoms with van der Waals surface area (Å²) in [5.74, 6) is 0.685. The van der Waals surface area contributed by atoms with Crippen molar-refractivity contribution in [1.29, 1.82) is 0 Å². The van der Waals surface area contributed by atoms with Gasteiger partial charge in [-0.05, 0) is 37.8 Å². The zero-order valence-corrected chi connectivity index (χ0v) is 13.1. The molecule has 1 atom stereocenters. The van der Waals surface area contributed by atoms with Crippen molar-refractivity contribution < 1.29 is 14.3 Å². The van der Waals surface area contributed by atoms with E-state index in [1.807, 2.05) is 17.5 Å². The molecular formula is C16H18O4S. The van der Waals surface area contributed by atoms with Crippen molar-refractivity contribution in [2.75, 3.05) is 7.11 Å². The zero-order valence-electron chi connectivity index (χ0n) is 12.3. The first-order valence-electron chi connectivity index (χ1n) is 6.61. The molecule has 5 heteroatoms. The minimum Gasteiger partial charge on any atom is -0.468 e. The minimum atomic E-state index is -0.541. The lowest BCUT2D eigenvalue weighted by molar-refractivity contribution is 0.185. The standard InChI is InChI=1S/C16H18O4S/c1-10-13(20-16(19-3)11(2)15(10)18)7-4-6-12(17)14-8-5-9-21-14/h4-5,7-9,12,17H,6H2,1-3H3/b7-4+. The maximum Gasteiger partial charge on any atom is 0.291 e. The van der Waals surface area contributed by atoms with Crippen molar-refractivity contribution in [3.8, 4) is 5.95 Å². The molecule has 0 amide bonds. The predicted molar refractivity (Wildman–Crippen MR) is 83.9 cm³/mol. The Labute approximate surface area is 127 Å². The van der Waals surface area contributed by atoms with E-state index in [1.54, 1.807) is 26.0 Å². The summed E-state index contributed by atoms with van der Waals surface area (Å²) in [5, 5.41) is 11.9. The van der Waals surface area contributed by atoms with Gasteiger partial charge >= 0.3 is 0 Å². The Balaban J connectivity index is 2.18. The van der Waals surface area contributed by atoms with E-state index in [0.29, 0.717) is 23.3 Å². The fraction of sp³-hybridized carbons (Fsp3) is 0.312. The maximum atomic E-state index is 12.0. The van der Waals surface area contributed by atoms with Crippen LogP contribution in [0.4, 0.5) is 0 Å². The number of aliphatic hydroxyl groups is 1. The van der Waals surface area contributed by atoms with Crippen molar-refractivity contribution in [3.63, 3.8) is 0 Å². The number of ether oxygens (including phenoxy) is 1. The molecule has 112 valence electrons. The zero-order chi connectivity index (χ0) is 15.4. The van der Waals surface area contributed by atoms with Crippen molar-refractivity contribution in [2.24, 2.45) is 0 Å². The Bertz CT molecular complexity index is 683. The van der Waals surface area contributed by atoms with Crippen LogP contribution in [0.2, 0.25) is 0 Å². The fourth-order valence-corrected chi connectivity index (χ4v) is 2.72. The smallest absolute Gasteiger partial charge is 0.291 e. The summed E-state index contributed by atoms with van der Waals surface area (Å²) in [6, 6.07) is 3.80. The van der Waals surface area contributed by atoms with Gasteiger partial charge in [0.2, 0.25) is 0 Å². The lowest BCUT2D eigenvalue weighted by Gasteiger charge is -2.07. The third kappa shape index (κ3) is 3.43. The van der Waals surface area contributed by atoms with Gasteiger partial charge in [0, 0.05) is 10.4 Å². The quantitative estimate of drug-likeness (QED) is 0.919. The van der Waals surface area contributed by atoms with E-state index >= 15 is 0 Å². The molecule has 1 unspecified atom stereocenters. The van der Waals surface area contributed by atoms with E-state index in [9.17, 15) is 9.90 Å². The van der Waals surface area contributed by atoms with Gasteiger partial charge in [-0.15, -0.1) is 11.3 Å². The molecule has 0 saturated heterocycles. The van der Waals surface area contributed by atoms with Crippen molar-refractivity contribution in [1.82, 2.24) is 0 Å². The highest BCUT2D eigenvalue weighted by molar-refractivity contribution is 7.10. The van der Waals surface area contributed by atoms with Crippen LogP contribution < -0.4 is 10.2 Å². The lowest BCUT2D eigenvalue weighted by Crippen LogP contribution is -2.11. The Morgan fingerprint density at radius 1 is 1.43 bits per heavy atom. The summed E-state index contributed by atoms with van der Waals surface area (Å²) in [7, 11) is 1.47. The number of hydrogen-bond donors (Lipinski definition) is 1. The molecule has 2 aromatic rings. The number of aliphatic hydroxyl groups excluding tert-OH is 1. The molecule has 0 bridgehead atoms. The van der Waals surface area contributed by atoms with Crippen LogP contribution in [-0.2, 0) is 0 Å². The van der Waals surface area contributed by atoms with E-state index in [1.165, 1.54) is 18.4 Å². The molecular weight excluding hydrogens is 288 g/mol. The molecule has 2 aromatic heterocycles. The second kappa shape index (κ2) is 6.74. The Morgan fingerprint density at radius 2 is 2.19 bits per heavy atom. The molecule has 21 heavy (non-hydrogen) atoms. The van der Waals surface area contributed by atoms with Crippen molar-refractivity contribution >= 4 is 17.4 Å². The van der Waals surface area contributed by atoms with Gasteiger partial charge in [-0.3, -0.25) is 4.79 Å². The summed E-state index contributed by atoms with van der Waals surface area (Å²) in [6.07, 6.45) is 3.42. The molecule has 0 spiro atoms. The van der Waals surface area contributed by atoms with Gasteiger partial charge in [0.25, 0.3) is 5.95 Å². The van der Waals surface area contributed by atoms with Crippen LogP contribution in [-0.4, -0.2) is 12.2 Å². The van der Waals surface area contributed by atoms with Gasteiger partial charge in [0.15, 0.2) is 5.43 Å². The topological polar surface area (TPSA) is 59.7 Å². The summed E-state index contributed by atoms with van der Waals surface area (Å²) in [5.41, 5.74) is 0.914. The molecule has 0 aliphatic rings. The SMILES string of the molecule is COc1oc(/C=C/CC(O)c2cccs2)c(C)c(=O)c1C. The summed E-state index contributed by atoms with van der Waals surface area (Å²) < 4.78 is 10.6. The van der Waals surface area contributed by atoms with Crippen molar-refractivity contribution in [3.05, 3.63) is 55.6 Å². The van der Waals surface area contributed by atoms with E-state index in [0.717, 1.165) is 4.88 Å². The van der Waals surface area contributed by atoms with Crippen LogP contribution in [0.1, 0.15) is 34.3 Å². The normalized spacial score (nSPS) is 12.8. The number of thiophene rings is 1. The molecule has 0 aliphatic carbocycles. The summed E-state index contributed by atoms with van der Waals surface area (Å²) in [6.45, 7) is 3.39. The van der Waals surface area contributed by atoms with E-state index < -0.39 is 6.10 Å². The van der Waals surface area contributed by atoms with Crippen LogP contribution in [0, 0.1) is 13.8 Å². The Kier molecular flexibility index (Phi) is 4.98. The van der Waals surface area contributed by atoms with Gasteiger partial charge in [0.1, 0.15) is 5.76 Å². The molecule has 0 fully saturated rings. The van der Waals surface area contributed by atoms with Crippen LogP contribution in [0.25, 0.3) is 6.08 Å². The van der Waals surface area contributed by atoms with Crippen LogP contribution >= 0.6 is 11.3 Å². The Morgan fingerprint density at radius 3 is 2.81 bits per heavy atom. The lowest BCUT2D eigenvalue weighted by atomic mass is 10.1. The maximum absolute atomic E-state index is 12.0. The molecule has 0 aromatic carbocycles. The highest BCUT2D eigenvalue weighted by Gasteiger charge is 2.12. The van der Waals surface area contributed by atoms with Gasteiger partial charge < -0.3 is 14.3 Å². The van der Waals surface area contributed by atoms with Crippen LogP contribution in [0.15, 0.2) is 32.8 Å². The van der Waals surface area contributed by atoms with Gasteiger partial charge in [-0.2, -0.15) is 0 Å². The first-order chi connectivity index (χ1) is 10.0. The number of hydrogen-bond acceptors (Lipinski definition) is 5. The van der Waals surface area contributed by atoms with Crippen LogP contribution in [0.5, 0.6) is 5.95 Å². The van der Waals surface area contributed by atoms with Crippen molar-refractivity contribution in [2.45, 2.75) is 26.4 Å². The van der Waals surface area contributed by atoms with E-state index in [2.05, 4.69) is 0 Å². The predicted octanol–water partition coefficient (Wildman–Crippen LogP) is 3.46. The number of methoxy groups -OCH3 is 1. The first kappa shape index (κ1) is 15.5. The van der Waals surface area contributed by atoms with Gasteiger partial charge in [-0.25, -0.2) is 0 Å². The van der Waals surface area contributed by atoms with Crippen LogP contribution in [0.3, 0.4) is 0 Å². The minimum absolute atomic E-state index is 0.0865. The highest BCUT2D eigenvalue weighted by Crippen LogP contribution is 2.23. The monoisotopic (exact) mass is 306 g/mol. The highest BCUT2D eigenvalue weighted by atomic mass is 32.1. The molecule has 4 nitrogen and oxygen atoms in total.